The van der Waals surface area contributed by atoms with Gasteiger partial charge >= 0.3 is 0 Å². The molecule has 0 aliphatic rings. The average molecular weight is 306 g/mol. The van der Waals surface area contributed by atoms with E-state index < -0.39 is 10.0 Å². The zero-order valence-electron chi connectivity index (χ0n) is 12.2. The van der Waals surface area contributed by atoms with Gasteiger partial charge in [0.25, 0.3) is 0 Å². The van der Waals surface area contributed by atoms with Crippen LogP contribution in [0, 0.1) is 20.8 Å². The number of hydrogen-bond donors (Lipinski definition) is 2. The molecule has 2 rings (SSSR count). The number of sulfonamides is 1. The van der Waals surface area contributed by atoms with Gasteiger partial charge in [-0.15, -0.1) is 0 Å². The molecule has 0 aliphatic carbocycles. The monoisotopic (exact) mass is 306 g/mol. The second-order valence-corrected chi connectivity index (χ2v) is 6.56. The molecule has 112 valence electrons. The Bertz CT molecular complexity index is 799. The van der Waals surface area contributed by atoms with E-state index in [0.717, 1.165) is 16.7 Å². The largest absolute Gasteiger partial charge is 0.455 e. The smallest absolute Gasteiger partial charge is 0.238 e. The molecule has 0 aromatic heterocycles. The molecule has 0 fully saturated rings. The Balaban J connectivity index is 2.52. The van der Waals surface area contributed by atoms with Gasteiger partial charge in [0.05, 0.1) is 10.6 Å². The number of ether oxygens (including phenoxy) is 1. The number of primary sulfonamides is 1. The molecule has 0 bridgehead atoms. The van der Waals surface area contributed by atoms with E-state index in [1.54, 1.807) is 0 Å². The molecule has 0 radical (unpaired) electrons. The van der Waals surface area contributed by atoms with Crippen molar-refractivity contribution in [2.45, 2.75) is 25.7 Å². The molecule has 21 heavy (non-hydrogen) atoms. The van der Waals surface area contributed by atoms with Crippen LogP contribution < -0.4 is 15.6 Å². The number of rotatable bonds is 3. The topological polar surface area (TPSA) is 95.4 Å². The van der Waals surface area contributed by atoms with Crippen molar-refractivity contribution >= 4 is 15.7 Å². The highest BCUT2D eigenvalue weighted by molar-refractivity contribution is 7.89. The van der Waals surface area contributed by atoms with E-state index in [9.17, 15) is 8.42 Å². The molecular weight excluding hydrogens is 288 g/mol. The van der Waals surface area contributed by atoms with E-state index in [1.165, 1.54) is 18.2 Å². The zero-order valence-corrected chi connectivity index (χ0v) is 13.0. The molecule has 0 aliphatic heterocycles. The fourth-order valence-electron chi connectivity index (χ4n) is 1.97. The summed E-state index contributed by atoms with van der Waals surface area (Å²) in [6, 6.07) is 8.11. The van der Waals surface area contributed by atoms with Crippen molar-refractivity contribution in [3.63, 3.8) is 0 Å². The second kappa shape index (κ2) is 5.38. The number of nitrogen functional groups attached to an aromatic ring is 1. The third-order valence-electron chi connectivity index (χ3n) is 3.40. The van der Waals surface area contributed by atoms with E-state index in [2.05, 4.69) is 0 Å². The van der Waals surface area contributed by atoms with Gasteiger partial charge in [0, 0.05) is 6.07 Å². The van der Waals surface area contributed by atoms with Gasteiger partial charge in [-0.25, -0.2) is 13.6 Å². The Kier molecular flexibility index (Phi) is 3.93. The molecule has 2 aromatic rings. The van der Waals surface area contributed by atoms with Crippen molar-refractivity contribution in [1.29, 1.82) is 0 Å². The van der Waals surface area contributed by atoms with E-state index in [0.29, 0.717) is 11.4 Å². The van der Waals surface area contributed by atoms with Crippen molar-refractivity contribution in [3.05, 3.63) is 47.0 Å². The highest BCUT2D eigenvalue weighted by Crippen LogP contribution is 2.34. The van der Waals surface area contributed by atoms with Crippen LogP contribution >= 0.6 is 0 Å². The molecule has 0 heterocycles. The minimum Gasteiger partial charge on any atom is -0.455 e. The van der Waals surface area contributed by atoms with Gasteiger partial charge in [-0.2, -0.15) is 0 Å². The van der Waals surface area contributed by atoms with Crippen LogP contribution in [0.15, 0.2) is 35.2 Å². The first kappa shape index (κ1) is 15.3. The summed E-state index contributed by atoms with van der Waals surface area (Å²) >= 11 is 0. The van der Waals surface area contributed by atoms with E-state index in [4.69, 9.17) is 15.6 Å². The van der Waals surface area contributed by atoms with Gasteiger partial charge in [0.1, 0.15) is 5.75 Å². The summed E-state index contributed by atoms with van der Waals surface area (Å²) in [6.45, 7) is 5.84. The van der Waals surface area contributed by atoms with E-state index in [1.807, 2.05) is 32.9 Å². The lowest BCUT2D eigenvalue weighted by atomic mass is 10.1. The predicted octanol–water partition coefficient (Wildman–Crippen LogP) is 2.63. The lowest BCUT2D eigenvalue weighted by Gasteiger charge is -2.15. The summed E-state index contributed by atoms with van der Waals surface area (Å²) < 4.78 is 28.7. The fraction of sp³-hybridized carbons (Fsp3) is 0.200. The van der Waals surface area contributed by atoms with Crippen molar-refractivity contribution in [3.8, 4) is 11.5 Å². The first-order valence-electron chi connectivity index (χ1n) is 6.37. The Morgan fingerprint density at radius 1 is 1.00 bits per heavy atom. The minimum atomic E-state index is -3.80. The van der Waals surface area contributed by atoms with Gasteiger partial charge in [-0.05, 0) is 49.6 Å². The molecule has 0 atom stereocenters. The summed E-state index contributed by atoms with van der Waals surface area (Å²) in [6.07, 6.45) is 0. The standard InChI is InChI=1S/C15H18N2O3S/c1-9-4-5-10(2)15(11(9)3)20-14-8-12(21(17,18)19)6-7-13(14)16/h4-8H,16H2,1-3H3,(H2,17,18,19). The number of nitrogens with two attached hydrogens (primary N) is 2. The molecule has 0 spiro atoms. The van der Waals surface area contributed by atoms with Crippen LogP contribution in [0.3, 0.4) is 0 Å². The van der Waals surface area contributed by atoms with Gasteiger partial charge in [0.15, 0.2) is 5.75 Å². The van der Waals surface area contributed by atoms with Gasteiger partial charge < -0.3 is 10.5 Å². The average Bonchev–Trinajstić information content (AvgIpc) is 2.40. The van der Waals surface area contributed by atoms with Crippen LogP contribution in [0.1, 0.15) is 16.7 Å². The van der Waals surface area contributed by atoms with Gasteiger partial charge in [0.2, 0.25) is 10.0 Å². The van der Waals surface area contributed by atoms with Crippen LogP contribution in [0.5, 0.6) is 11.5 Å². The Labute approximate surface area is 124 Å². The number of anilines is 1. The Morgan fingerprint density at radius 2 is 1.62 bits per heavy atom. The molecular formula is C15H18N2O3S. The molecule has 4 N–H and O–H groups in total. The summed E-state index contributed by atoms with van der Waals surface area (Å²) in [7, 11) is -3.80. The number of aryl methyl sites for hydroxylation is 2. The molecule has 6 heteroatoms. The predicted molar refractivity (Wildman–Crippen MR) is 83.0 cm³/mol. The maximum absolute atomic E-state index is 11.4. The Hall–Kier alpha value is -2.05. The van der Waals surface area contributed by atoms with Crippen LogP contribution in [0.2, 0.25) is 0 Å². The first-order chi connectivity index (χ1) is 9.70. The highest BCUT2D eigenvalue weighted by atomic mass is 32.2. The van der Waals surface area contributed by atoms with Crippen LogP contribution in [-0.2, 0) is 10.0 Å². The molecule has 0 unspecified atom stereocenters. The summed E-state index contributed by atoms with van der Waals surface area (Å²) in [5.41, 5.74) is 9.21. The number of benzene rings is 2. The molecule has 0 saturated carbocycles. The Morgan fingerprint density at radius 3 is 2.24 bits per heavy atom. The maximum atomic E-state index is 11.4. The SMILES string of the molecule is Cc1ccc(C)c(Oc2cc(S(N)(=O)=O)ccc2N)c1C. The van der Waals surface area contributed by atoms with Crippen molar-refractivity contribution < 1.29 is 13.2 Å². The van der Waals surface area contributed by atoms with Crippen LogP contribution in [-0.4, -0.2) is 8.42 Å². The lowest BCUT2D eigenvalue weighted by molar-refractivity contribution is 0.475. The first-order valence-corrected chi connectivity index (χ1v) is 7.92. The zero-order chi connectivity index (χ0) is 15.8. The molecule has 5 nitrogen and oxygen atoms in total. The molecule has 2 aromatic carbocycles. The summed E-state index contributed by atoms with van der Waals surface area (Å²) in [4.78, 5) is -0.0327. The van der Waals surface area contributed by atoms with Crippen molar-refractivity contribution in [2.24, 2.45) is 5.14 Å². The quantitative estimate of drug-likeness (QED) is 0.852. The second-order valence-electron chi connectivity index (χ2n) is 5.00. The third kappa shape index (κ3) is 3.17. The normalized spacial score (nSPS) is 11.4. The van der Waals surface area contributed by atoms with E-state index in [-0.39, 0.29) is 10.6 Å². The van der Waals surface area contributed by atoms with Crippen LogP contribution in [0.4, 0.5) is 5.69 Å². The van der Waals surface area contributed by atoms with E-state index >= 15 is 0 Å². The fourth-order valence-corrected chi connectivity index (χ4v) is 2.50. The van der Waals surface area contributed by atoms with Gasteiger partial charge in [-0.3, -0.25) is 0 Å². The summed E-state index contributed by atoms with van der Waals surface area (Å²) in [5, 5.41) is 5.13. The molecule has 0 saturated heterocycles. The summed E-state index contributed by atoms with van der Waals surface area (Å²) in [5.74, 6) is 0.951. The maximum Gasteiger partial charge on any atom is 0.238 e. The van der Waals surface area contributed by atoms with Gasteiger partial charge in [-0.1, -0.05) is 12.1 Å². The van der Waals surface area contributed by atoms with Crippen LogP contribution in [0.25, 0.3) is 0 Å². The highest BCUT2D eigenvalue weighted by Gasteiger charge is 2.14. The number of hydrogen-bond acceptors (Lipinski definition) is 4. The lowest BCUT2D eigenvalue weighted by Crippen LogP contribution is -2.12. The van der Waals surface area contributed by atoms with Crippen molar-refractivity contribution in [2.75, 3.05) is 5.73 Å². The minimum absolute atomic E-state index is 0.0327. The van der Waals surface area contributed by atoms with Crippen molar-refractivity contribution in [1.82, 2.24) is 0 Å². The molecule has 0 amide bonds. The third-order valence-corrected chi connectivity index (χ3v) is 4.31.